The minimum absolute atomic E-state index is 0.115. The van der Waals surface area contributed by atoms with Gasteiger partial charge in [0, 0.05) is 7.05 Å². The van der Waals surface area contributed by atoms with E-state index in [1.165, 1.54) is 0 Å². The molecule has 2 rings (SSSR count). The molecule has 1 aromatic carbocycles. The van der Waals surface area contributed by atoms with Gasteiger partial charge in [0.15, 0.2) is 0 Å². The Morgan fingerprint density at radius 1 is 1.35 bits per heavy atom. The molecule has 17 heavy (non-hydrogen) atoms. The molecule has 1 heterocycles. The highest BCUT2D eigenvalue weighted by Crippen LogP contribution is 2.29. The van der Waals surface area contributed by atoms with Crippen LogP contribution < -0.4 is 10.1 Å². The zero-order valence-electron chi connectivity index (χ0n) is 8.95. The fraction of sp³-hybridized carbons (Fsp3) is 0.0909. The number of ether oxygens (including phenoxy) is 1. The van der Waals surface area contributed by atoms with E-state index in [4.69, 9.17) is 4.74 Å². The summed E-state index contributed by atoms with van der Waals surface area (Å²) in [4.78, 5) is 7.62. The molecule has 6 heteroatoms. The molecular weight excluding hydrogens is 289 g/mol. The van der Waals surface area contributed by atoms with E-state index >= 15 is 0 Å². The first-order valence-electron chi connectivity index (χ1n) is 4.83. The summed E-state index contributed by atoms with van der Waals surface area (Å²) in [5, 5.41) is 2.71. The summed E-state index contributed by atoms with van der Waals surface area (Å²) < 4.78 is 19.5. The van der Waals surface area contributed by atoms with E-state index in [9.17, 15) is 4.39 Å². The first-order valence-corrected chi connectivity index (χ1v) is 5.62. The topological polar surface area (TPSA) is 47.0 Å². The van der Waals surface area contributed by atoms with Crippen molar-refractivity contribution in [3.8, 4) is 11.6 Å². The highest BCUT2D eigenvalue weighted by molar-refractivity contribution is 9.10. The molecule has 0 unspecified atom stereocenters. The predicted molar refractivity (Wildman–Crippen MR) is 65.8 cm³/mol. The summed E-state index contributed by atoms with van der Waals surface area (Å²) in [6.45, 7) is 0. The minimum atomic E-state index is -0.611. The Kier molecular flexibility index (Phi) is 3.53. The normalized spacial score (nSPS) is 10.1. The van der Waals surface area contributed by atoms with Crippen molar-refractivity contribution in [1.29, 1.82) is 0 Å². The lowest BCUT2D eigenvalue weighted by Crippen LogP contribution is -2.00. The number of nitrogens with zero attached hydrogens (tertiary/aromatic N) is 2. The molecular formula is C11H9BrFN3O. The quantitative estimate of drug-likeness (QED) is 0.945. The second-order valence-corrected chi connectivity index (χ2v) is 3.98. The molecule has 0 aliphatic heterocycles. The first kappa shape index (κ1) is 11.8. The number of benzene rings is 1. The SMILES string of the molecule is CNc1ncc(F)c(Oc2ccccc2Br)n1. The fourth-order valence-corrected chi connectivity index (χ4v) is 1.54. The smallest absolute Gasteiger partial charge is 0.260 e. The third-order valence-corrected chi connectivity index (χ3v) is 2.63. The first-order chi connectivity index (χ1) is 8.20. The van der Waals surface area contributed by atoms with Crippen molar-refractivity contribution < 1.29 is 9.13 Å². The van der Waals surface area contributed by atoms with Crippen molar-refractivity contribution in [2.45, 2.75) is 0 Å². The lowest BCUT2D eigenvalue weighted by molar-refractivity contribution is 0.418. The van der Waals surface area contributed by atoms with E-state index in [0.29, 0.717) is 11.7 Å². The molecule has 0 fully saturated rings. The highest BCUT2D eigenvalue weighted by Gasteiger charge is 2.10. The van der Waals surface area contributed by atoms with Crippen molar-refractivity contribution in [1.82, 2.24) is 9.97 Å². The molecule has 0 aliphatic carbocycles. The Morgan fingerprint density at radius 3 is 2.82 bits per heavy atom. The third-order valence-electron chi connectivity index (χ3n) is 1.98. The van der Waals surface area contributed by atoms with Gasteiger partial charge in [-0.2, -0.15) is 9.37 Å². The van der Waals surface area contributed by atoms with Crippen LogP contribution in [0.2, 0.25) is 0 Å². The van der Waals surface area contributed by atoms with E-state index in [-0.39, 0.29) is 5.88 Å². The summed E-state index contributed by atoms with van der Waals surface area (Å²) in [5.74, 6) is 0.0663. The molecule has 0 bridgehead atoms. The van der Waals surface area contributed by atoms with Gasteiger partial charge in [0.05, 0.1) is 10.7 Å². The second kappa shape index (κ2) is 5.09. The van der Waals surface area contributed by atoms with Gasteiger partial charge in [-0.25, -0.2) is 4.98 Å². The summed E-state index contributed by atoms with van der Waals surface area (Å²) >= 11 is 3.31. The predicted octanol–water partition coefficient (Wildman–Crippen LogP) is 3.21. The molecule has 0 saturated carbocycles. The molecule has 0 radical (unpaired) electrons. The van der Waals surface area contributed by atoms with Gasteiger partial charge in [-0.15, -0.1) is 0 Å². The van der Waals surface area contributed by atoms with Gasteiger partial charge in [-0.3, -0.25) is 0 Å². The molecule has 2 aromatic rings. The second-order valence-electron chi connectivity index (χ2n) is 3.13. The van der Waals surface area contributed by atoms with Crippen molar-refractivity contribution in [3.05, 3.63) is 40.8 Å². The lowest BCUT2D eigenvalue weighted by atomic mass is 10.3. The molecule has 4 nitrogen and oxygen atoms in total. The number of nitrogens with one attached hydrogen (secondary N) is 1. The Labute approximate surface area is 106 Å². The zero-order chi connectivity index (χ0) is 12.3. The van der Waals surface area contributed by atoms with Crippen molar-refractivity contribution in [3.63, 3.8) is 0 Å². The van der Waals surface area contributed by atoms with Crippen molar-refractivity contribution in [2.75, 3.05) is 12.4 Å². The molecule has 1 aromatic heterocycles. The number of rotatable bonds is 3. The Hall–Kier alpha value is -1.69. The van der Waals surface area contributed by atoms with Crippen LogP contribution >= 0.6 is 15.9 Å². The van der Waals surface area contributed by atoms with Crippen LogP contribution in [0.5, 0.6) is 11.6 Å². The highest BCUT2D eigenvalue weighted by atomic mass is 79.9. The summed E-state index contributed by atoms with van der Waals surface area (Å²) in [7, 11) is 1.65. The van der Waals surface area contributed by atoms with E-state index in [2.05, 4.69) is 31.2 Å². The van der Waals surface area contributed by atoms with E-state index in [1.807, 2.05) is 6.07 Å². The van der Waals surface area contributed by atoms with Crippen LogP contribution in [0, 0.1) is 5.82 Å². The Balaban J connectivity index is 2.32. The molecule has 0 saturated heterocycles. The van der Waals surface area contributed by atoms with Crippen LogP contribution in [0.25, 0.3) is 0 Å². The largest absolute Gasteiger partial charge is 0.435 e. The van der Waals surface area contributed by atoms with E-state index in [0.717, 1.165) is 10.7 Å². The van der Waals surface area contributed by atoms with E-state index < -0.39 is 5.82 Å². The molecule has 0 spiro atoms. The maximum absolute atomic E-state index is 13.4. The standard InChI is InChI=1S/C11H9BrFN3O/c1-14-11-15-6-8(13)10(16-11)17-9-5-3-2-4-7(9)12/h2-6H,1H3,(H,14,15,16). The van der Waals surface area contributed by atoms with Gasteiger partial charge < -0.3 is 10.1 Å². The van der Waals surface area contributed by atoms with Crippen molar-refractivity contribution in [2.24, 2.45) is 0 Å². The van der Waals surface area contributed by atoms with Gasteiger partial charge in [0.2, 0.25) is 11.8 Å². The average Bonchev–Trinajstić information content (AvgIpc) is 2.35. The monoisotopic (exact) mass is 297 g/mol. The van der Waals surface area contributed by atoms with Gasteiger partial charge in [-0.1, -0.05) is 12.1 Å². The summed E-state index contributed by atoms with van der Waals surface area (Å²) in [6, 6.07) is 7.14. The van der Waals surface area contributed by atoms with Gasteiger partial charge in [0.25, 0.3) is 5.88 Å². The zero-order valence-corrected chi connectivity index (χ0v) is 10.5. The Bertz CT molecular complexity index is 536. The maximum Gasteiger partial charge on any atom is 0.260 e. The molecule has 88 valence electrons. The number of halogens is 2. The molecule has 0 amide bonds. The number of hydrogen-bond donors (Lipinski definition) is 1. The number of aromatic nitrogens is 2. The maximum atomic E-state index is 13.4. The van der Waals surface area contributed by atoms with Gasteiger partial charge >= 0.3 is 0 Å². The molecule has 0 atom stereocenters. The molecule has 1 N–H and O–H groups in total. The van der Waals surface area contributed by atoms with Crippen molar-refractivity contribution >= 4 is 21.9 Å². The Morgan fingerprint density at radius 2 is 2.12 bits per heavy atom. The van der Waals surface area contributed by atoms with Crippen LogP contribution in [-0.2, 0) is 0 Å². The molecule has 0 aliphatic rings. The number of anilines is 1. The summed E-state index contributed by atoms with van der Waals surface area (Å²) in [6.07, 6.45) is 1.06. The van der Waals surface area contributed by atoms with Crippen LogP contribution in [0.4, 0.5) is 10.3 Å². The third kappa shape index (κ3) is 2.71. The van der Waals surface area contributed by atoms with E-state index in [1.54, 1.807) is 25.2 Å². The average molecular weight is 298 g/mol. The number of para-hydroxylation sites is 1. The van der Waals surface area contributed by atoms with Gasteiger partial charge in [-0.05, 0) is 28.1 Å². The van der Waals surface area contributed by atoms with Crippen LogP contribution in [-0.4, -0.2) is 17.0 Å². The van der Waals surface area contributed by atoms with Crippen LogP contribution in [0.1, 0.15) is 0 Å². The number of hydrogen-bond acceptors (Lipinski definition) is 4. The minimum Gasteiger partial charge on any atom is -0.435 e. The fourth-order valence-electron chi connectivity index (χ4n) is 1.18. The summed E-state index contributed by atoms with van der Waals surface area (Å²) in [5.41, 5.74) is 0. The lowest BCUT2D eigenvalue weighted by Gasteiger charge is -2.08. The van der Waals surface area contributed by atoms with Gasteiger partial charge in [0.1, 0.15) is 5.75 Å². The van der Waals surface area contributed by atoms with Crippen LogP contribution in [0.15, 0.2) is 34.9 Å². The van der Waals surface area contributed by atoms with Crippen LogP contribution in [0.3, 0.4) is 0 Å².